The zero-order valence-electron chi connectivity index (χ0n) is 8.35. The first kappa shape index (κ1) is 11.4. The van der Waals surface area contributed by atoms with Crippen molar-refractivity contribution >= 4 is 40.2 Å². The van der Waals surface area contributed by atoms with Crippen molar-refractivity contribution in [1.29, 1.82) is 0 Å². The van der Waals surface area contributed by atoms with Crippen LogP contribution in [0.1, 0.15) is 6.42 Å². The van der Waals surface area contributed by atoms with Crippen LogP contribution in [0.4, 0.5) is 5.69 Å². The van der Waals surface area contributed by atoms with Gasteiger partial charge in [0.25, 0.3) is 0 Å². The lowest BCUT2D eigenvalue weighted by Gasteiger charge is -2.17. The molecule has 1 aromatic carbocycles. The molecule has 16 heavy (non-hydrogen) atoms. The van der Waals surface area contributed by atoms with Crippen LogP contribution in [-0.2, 0) is 9.59 Å². The molecular formula is C11H9INO3-. The van der Waals surface area contributed by atoms with E-state index in [1.165, 1.54) is 4.90 Å². The number of hydrogen-bond donors (Lipinski definition) is 0. The Bertz CT molecular complexity index is 429. The molecule has 0 saturated carbocycles. The maximum atomic E-state index is 11.6. The van der Waals surface area contributed by atoms with Gasteiger partial charge in [-0.2, -0.15) is 0 Å². The molecule has 1 saturated heterocycles. The fraction of sp³-hybridized carbons (Fsp3) is 0.273. The van der Waals surface area contributed by atoms with Crippen molar-refractivity contribution in [3.8, 4) is 0 Å². The van der Waals surface area contributed by atoms with Gasteiger partial charge in [0.2, 0.25) is 5.91 Å². The number of carbonyl (C=O) groups excluding carboxylic acids is 2. The molecule has 1 unspecified atom stereocenters. The molecule has 0 N–H and O–H groups in total. The SMILES string of the molecule is O=C([O-])C1CC(=O)N(c2ccc(I)cc2)C1. The largest absolute Gasteiger partial charge is 0.550 e. The summed E-state index contributed by atoms with van der Waals surface area (Å²) >= 11 is 2.17. The van der Waals surface area contributed by atoms with Gasteiger partial charge in [-0.15, -0.1) is 0 Å². The van der Waals surface area contributed by atoms with E-state index in [9.17, 15) is 14.7 Å². The van der Waals surface area contributed by atoms with Gasteiger partial charge in [-0.05, 0) is 46.9 Å². The Hall–Kier alpha value is -1.11. The van der Waals surface area contributed by atoms with Gasteiger partial charge < -0.3 is 14.8 Å². The van der Waals surface area contributed by atoms with E-state index in [-0.39, 0.29) is 18.9 Å². The smallest absolute Gasteiger partial charge is 0.227 e. The van der Waals surface area contributed by atoms with Crippen LogP contribution in [0.5, 0.6) is 0 Å². The average Bonchev–Trinajstić information content (AvgIpc) is 2.62. The summed E-state index contributed by atoms with van der Waals surface area (Å²) < 4.78 is 1.07. The van der Waals surface area contributed by atoms with Crippen LogP contribution >= 0.6 is 22.6 Å². The molecule has 2 rings (SSSR count). The first-order chi connectivity index (χ1) is 7.58. The molecular weight excluding hydrogens is 321 g/mol. The predicted molar refractivity (Wildman–Crippen MR) is 64.6 cm³/mol. The molecule has 0 aliphatic carbocycles. The summed E-state index contributed by atoms with van der Waals surface area (Å²) in [6.07, 6.45) is 0.0360. The highest BCUT2D eigenvalue weighted by molar-refractivity contribution is 14.1. The highest BCUT2D eigenvalue weighted by atomic mass is 127. The second-order valence-electron chi connectivity index (χ2n) is 3.70. The van der Waals surface area contributed by atoms with Crippen molar-refractivity contribution in [2.24, 2.45) is 5.92 Å². The summed E-state index contributed by atoms with van der Waals surface area (Å²) in [7, 11) is 0. The van der Waals surface area contributed by atoms with Crippen molar-refractivity contribution in [2.75, 3.05) is 11.4 Å². The van der Waals surface area contributed by atoms with Crippen molar-refractivity contribution in [1.82, 2.24) is 0 Å². The molecule has 1 aliphatic rings. The lowest BCUT2D eigenvalue weighted by molar-refractivity contribution is -0.310. The van der Waals surface area contributed by atoms with E-state index in [1.807, 2.05) is 24.3 Å². The third-order valence-electron chi connectivity index (χ3n) is 2.60. The molecule has 0 aromatic heterocycles. The highest BCUT2D eigenvalue weighted by Gasteiger charge is 2.31. The van der Waals surface area contributed by atoms with Crippen molar-refractivity contribution in [2.45, 2.75) is 6.42 Å². The van der Waals surface area contributed by atoms with Gasteiger partial charge in [-0.3, -0.25) is 4.79 Å². The number of anilines is 1. The highest BCUT2D eigenvalue weighted by Crippen LogP contribution is 2.25. The molecule has 0 spiro atoms. The zero-order valence-corrected chi connectivity index (χ0v) is 10.5. The van der Waals surface area contributed by atoms with Crippen LogP contribution in [0.25, 0.3) is 0 Å². The molecule has 4 nitrogen and oxygen atoms in total. The van der Waals surface area contributed by atoms with Crippen molar-refractivity contribution < 1.29 is 14.7 Å². The number of hydrogen-bond acceptors (Lipinski definition) is 3. The fourth-order valence-corrected chi connectivity index (χ4v) is 2.10. The number of carboxylic acid groups (broad SMARTS) is 1. The van der Waals surface area contributed by atoms with Gasteiger partial charge in [0.05, 0.1) is 0 Å². The molecule has 1 aromatic rings. The first-order valence-electron chi connectivity index (χ1n) is 4.84. The van der Waals surface area contributed by atoms with E-state index in [0.717, 1.165) is 9.26 Å². The molecule has 1 fully saturated rings. The number of nitrogens with zero attached hydrogens (tertiary/aromatic N) is 1. The second kappa shape index (κ2) is 4.40. The number of amides is 1. The Balaban J connectivity index is 2.20. The first-order valence-corrected chi connectivity index (χ1v) is 5.92. The molecule has 1 aliphatic heterocycles. The summed E-state index contributed by atoms with van der Waals surface area (Å²) in [6.45, 7) is 0.210. The zero-order chi connectivity index (χ0) is 11.7. The Morgan fingerprint density at radius 3 is 2.50 bits per heavy atom. The number of carboxylic acids is 1. The van der Waals surface area contributed by atoms with Gasteiger partial charge in [-0.1, -0.05) is 0 Å². The molecule has 1 amide bonds. The molecule has 0 bridgehead atoms. The van der Waals surface area contributed by atoms with Crippen molar-refractivity contribution in [3.63, 3.8) is 0 Å². The van der Waals surface area contributed by atoms with E-state index in [2.05, 4.69) is 22.6 Å². The standard InChI is InChI=1S/C11H10INO3/c12-8-1-3-9(4-2-8)13-6-7(11(15)16)5-10(13)14/h1-4,7H,5-6H2,(H,15,16)/p-1. The fourth-order valence-electron chi connectivity index (χ4n) is 1.74. The minimum Gasteiger partial charge on any atom is -0.550 e. The second-order valence-corrected chi connectivity index (χ2v) is 4.95. The molecule has 5 heteroatoms. The molecule has 0 radical (unpaired) electrons. The van der Waals surface area contributed by atoms with Crippen LogP contribution < -0.4 is 10.0 Å². The van der Waals surface area contributed by atoms with Crippen LogP contribution in [0.3, 0.4) is 0 Å². The topological polar surface area (TPSA) is 60.4 Å². The number of halogens is 1. The molecule has 1 atom stereocenters. The van der Waals surface area contributed by atoms with Gasteiger partial charge in [0.15, 0.2) is 0 Å². The lowest BCUT2D eigenvalue weighted by atomic mass is 10.1. The van der Waals surface area contributed by atoms with Gasteiger partial charge >= 0.3 is 0 Å². The maximum Gasteiger partial charge on any atom is 0.227 e. The minimum atomic E-state index is -1.15. The number of benzene rings is 1. The summed E-state index contributed by atoms with van der Waals surface area (Å²) in [4.78, 5) is 23.8. The molecule has 1 heterocycles. The van der Waals surface area contributed by atoms with E-state index >= 15 is 0 Å². The Morgan fingerprint density at radius 1 is 1.38 bits per heavy atom. The van der Waals surface area contributed by atoms with E-state index < -0.39 is 11.9 Å². The Labute approximate surface area is 106 Å². The third kappa shape index (κ3) is 2.18. The van der Waals surface area contributed by atoms with Gasteiger partial charge in [-0.25, -0.2) is 0 Å². The van der Waals surface area contributed by atoms with E-state index in [4.69, 9.17) is 0 Å². The number of carbonyl (C=O) groups is 2. The van der Waals surface area contributed by atoms with Crippen LogP contribution in [0.2, 0.25) is 0 Å². The van der Waals surface area contributed by atoms with Gasteiger partial charge in [0, 0.05) is 34.1 Å². The normalized spacial score (nSPS) is 20.2. The number of rotatable bonds is 2. The molecule has 84 valence electrons. The third-order valence-corrected chi connectivity index (χ3v) is 3.32. The van der Waals surface area contributed by atoms with Crippen LogP contribution in [0.15, 0.2) is 24.3 Å². The number of aliphatic carboxylic acids is 1. The van der Waals surface area contributed by atoms with E-state index in [0.29, 0.717) is 0 Å². The van der Waals surface area contributed by atoms with Crippen LogP contribution in [0, 0.1) is 9.49 Å². The summed E-state index contributed by atoms with van der Waals surface area (Å²) in [6, 6.07) is 7.40. The monoisotopic (exact) mass is 330 g/mol. The average molecular weight is 330 g/mol. The lowest BCUT2D eigenvalue weighted by Crippen LogP contribution is -2.33. The quantitative estimate of drug-likeness (QED) is 0.738. The van der Waals surface area contributed by atoms with Gasteiger partial charge in [0.1, 0.15) is 0 Å². The van der Waals surface area contributed by atoms with Crippen molar-refractivity contribution in [3.05, 3.63) is 27.8 Å². The summed E-state index contributed by atoms with van der Waals surface area (Å²) in [5, 5.41) is 10.7. The van der Waals surface area contributed by atoms with E-state index in [1.54, 1.807) is 0 Å². The summed E-state index contributed by atoms with van der Waals surface area (Å²) in [5.74, 6) is -2.00. The summed E-state index contributed by atoms with van der Waals surface area (Å²) in [5.41, 5.74) is 0.745. The minimum absolute atomic E-state index is 0.0360. The van der Waals surface area contributed by atoms with Crippen LogP contribution in [-0.4, -0.2) is 18.4 Å². The maximum absolute atomic E-state index is 11.6. The predicted octanol–water partition coefficient (Wildman–Crippen LogP) is 0.394. The Kier molecular flexibility index (Phi) is 3.13. The Morgan fingerprint density at radius 2 is 2.00 bits per heavy atom.